The second kappa shape index (κ2) is 4.99. The van der Waals surface area contributed by atoms with Crippen molar-refractivity contribution in [2.45, 2.75) is 19.9 Å². The monoisotopic (exact) mass is 297 g/mol. The zero-order chi connectivity index (χ0) is 15.1. The summed E-state index contributed by atoms with van der Waals surface area (Å²) in [6, 6.07) is 5.44. The van der Waals surface area contributed by atoms with Crippen molar-refractivity contribution in [1.82, 2.24) is 4.90 Å². The smallest absolute Gasteiger partial charge is 0.266 e. The maximum absolute atomic E-state index is 12.3. The molecule has 1 aromatic rings. The van der Waals surface area contributed by atoms with E-state index < -0.39 is 33.7 Å². The Morgan fingerprint density at radius 1 is 1.10 bits per heavy atom. The number of hydrogen-bond acceptors (Lipinski definition) is 4. The molecule has 1 aliphatic rings. The van der Waals surface area contributed by atoms with Crippen LogP contribution in [0.15, 0.2) is 24.3 Å². The highest BCUT2D eigenvalue weighted by molar-refractivity contribution is 7.85. The average molecular weight is 297 g/mol. The number of benzene rings is 1. The molecular weight excluding hydrogens is 282 g/mol. The normalized spacial score (nSPS) is 16.7. The summed E-state index contributed by atoms with van der Waals surface area (Å²) in [5.41, 5.74) is 0.525. The molecule has 0 saturated carbocycles. The van der Waals surface area contributed by atoms with Crippen LogP contribution in [0.2, 0.25) is 0 Å². The van der Waals surface area contributed by atoms with Crippen LogP contribution in [0.3, 0.4) is 0 Å². The summed E-state index contributed by atoms with van der Waals surface area (Å²) in [4.78, 5) is 25.5. The first kappa shape index (κ1) is 14.7. The Labute approximate surface area is 117 Å². The van der Waals surface area contributed by atoms with Crippen LogP contribution in [-0.4, -0.2) is 41.5 Å². The second-order valence-corrected chi connectivity index (χ2v) is 6.58. The fourth-order valence-corrected chi connectivity index (χ4v) is 3.26. The van der Waals surface area contributed by atoms with Gasteiger partial charge in [0.1, 0.15) is 0 Å². The SMILES string of the molecule is CC(C)[C@@H](CS(=O)(=O)O)N1C(=O)c2ccccc2C1=O. The fraction of sp³-hybridized carbons (Fsp3) is 0.385. The molecule has 0 aromatic heterocycles. The van der Waals surface area contributed by atoms with Crippen molar-refractivity contribution < 1.29 is 22.6 Å². The molecule has 0 bridgehead atoms. The quantitative estimate of drug-likeness (QED) is 0.666. The van der Waals surface area contributed by atoms with Crippen LogP contribution in [0.4, 0.5) is 0 Å². The molecule has 1 aliphatic heterocycles. The minimum absolute atomic E-state index is 0.262. The molecule has 1 N–H and O–H groups in total. The van der Waals surface area contributed by atoms with Crippen LogP contribution >= 0.6 is 0 Å². The van der Waals surface area contributed by atoms with Gasteiger partial charge in [0.15, 0.2) is 0 Å². The van der Waals surface area contributed by atoms with Gasteiger partial charge in [0.2, 0.25) is 0 Å². The third-order valence-corrected chi connectivity index (χ3v) is 4.07. The molecule has 1 aromatic carbocycles. The van der Waals surface area contributed by atoms with E-state index in [1.165, 1.54) is 12.1 Å². The van der Waals surface area contributed by atoms with Crippen LogP contribution in [0.1, 0.15) is 34.6 Å². The van der Waals surface area contributed by atoms with Gasteiger partial charge in [-0.05, 0) is 18.1 Å². The van der Waals surface area contributed by atoms with Gasteiger partial charge >= 0.3 is 0 Å². The molecule has 20 heavy (non-hydrogen) atoms. The molecular formula is C13H15NO5S. The number of carbonyl (C=O) groups is 2. The van der Waals surface area contributed by atoms with Gasteiger partial charge in [-0.2, -0.15) is 8.42 Å². The van der Waals surface area contributed by atoms with E-state index >= 15 is 0 Å². The first-order chi connectivity index (χ1) is 9.22. The summed E-state index contributed by atoms with van der Waals surface area (Å²) >= 11 is 0. The van der Waals surface area contributed by atoms with Crippen LogP contribution in [0, 0.1) is 5.92 Å². The average Bonchev–Trinajstić information content (AvgIpc) is 2.59. The number of fused-ring (bicyclic) bond motifs is 1. The van der Waals surface area contributed by atoms with Crippen LogP contribution < -0.4 is 0 Å². The molecule has 1 atom stereocenters. The topological polar surface area (TPSA) is 91.8 Å². The van der Waals surface area contributed by atoms with Crippen LogP contribution in [0.25, 0.3) is 0 Å². The van der Waals surface area contributed by atoms with Gasteiger partial charge in [0, 0.05) is 0 Å². The van der Waals surface area contributed by atoms with E-state index in [1.807, 2.05) is 0 Å². The Morgan fingerprint density at radius 3 is 1.90 bits per heavy atom. The van der Waals surface area contributed by atoms with Gasteiger partial charge < -0.3 is 0 Å². The second-order valence-electron chi connectivity index (χ2n) is 5.09. The Hall–Kier alpha value is -1.73. The van der Waals surface area contributed by atoms with E-state index in [2.05, 4.69) is 0 Å². The molecule has 2 amide bonds. The fourth-order valence-electron chi connectivity index (χ4n) is 2.29. The van der Waals surface area contributed by atoms with E-state index in [-0.39, 0.29) is 17.0 Å². The van der Waals surface area contributed by atoms with Crippen molar-refractivity contribution in [2.24, 2.45) is 5.92 Å². The lowest BCUT2D eigenvalue weighted by Gasteiger charge is -2.28. The first-order valence-corrected chi connectivity index (χ1v) is 7.75. The molecule has 7 heteroatoms. The number of hydrogen-bond donors (Lipinski definition) is 1. The molecule has 6 nitrogen and oxygen atoms in total. The lowest BCUT2D eigenvalue weighted by Crippen LogP contribution is -2.46. The number of rotatable bonds is 4. The van der Waals surface area contributed by atoms with Crippen molar-refractivity contribution in [3.8, 4) is 0 Å². The predicted molar refractivity (Wildman–Crippen MR) is 72.0 cm³/mol. The van der Waals surface area contributed by atoms with Crippen molar-refractivity contribution >= 4 is 21.9 Å². The zero-order valence-corrected chi connectivity index (χ0v) is 11.9. The van der Waals surface area contributed by atoms with Crippen molar-refractivity contribution in [2.75, 3.05) is 5.75 Å². The molecule has 0 aliphatic carbocycles. The van der Waals surface area contributed by atoms with E-state index in [0.717, 1.165) is 4.90 Å². The summed E-state index contributed by atoms with van der Waals surface area (Å²) in [6.07, 6.45) is 0. The Morgan fingerprint density at radius 2 is 1.55 bits per heavy atom. The molecule has 108 valence electrons. The first-order valence-electron chi connectivity index (χ1n) is 6.14. The standard InChI is InChI=1S/C13H15NO5S/c1-8(2)11(7-20(17,18)19)14-12(15)9-5-3-4-6-10(9)13(14)16/h3-6,8,11H,7H2,1-2H3,(H,17,18,19)/t11-/m1/s1. The lowest BCUT2D eigenvalue weighted by atomic mass is 10.0. The van der Waals surface area contributed by atoms with Crippen molar-refractivity contribution in [3.63, 3.8) is 0 Å². The van der Waals surface area contributed by atoms with Gasteiger partial charge in [-0.3, -0.25) is 19.0 Å². The number of imide groups is 1. The highest BCUT2D eigenvalue weighted by Gasteiger charge is 2.42. The lowest BCUT2D eigenvalue weighted by molar-refractivity contribution is 0.0561. The summed E-state index contributed by atoms with van der Waals surface area (Å²) in [5, 5.41) is 0. The highest BCUT2D eigenvalue weighted by Crippen LogP contribution is 2.27. The minimum atomic E-state index is -4.29. The zero-order valence-electron chi connectivity index (χ0n) is 11.1. The summed E-state index contributed by atoms with van der Waals surface area (Å²) < 4.78 is 31.2. The van der Waals surface area contributed by atoms with Gasteiger partial charge in [-0.1, -0.05) is 26.0 Å². The van der Waals surface area contributed by atoms with Crippen molar-refractivity contribution in [3.05, 3.63) is 35.4 Å². The van der Waals surface area contributed by atoms with E-state index in [0.29, 0.717) is 0 Å². The highest BCUT2D eigenvalue weighted by atomic mass is 32.2. The molecule has 0 unspecified atom stereocenters. The molecule has 0 radical (unpaired) electrons. The number of carbonyl (C=O) groups excluding carboxylic acids is 2. The third-order valence-electron chi connectivity index (χ3n) is 3.31. The van der Waals surface area contributed by atoms with E-state index in [4.69, 9.17) is 4.55 Å². The maximum atomic E-state index is 12.3. The Kier molecular flexibility index (Phi) is 3.66. The predicted octanol–water partition coefficient (Wildman–Crippen LogP) is 1.19. The molecule has 2 rings (SSSR count). The molecule has 0 saturated heterocycles. The van der Waals surface area contributed by atoms with Crippen LogP contribution in [-0.2, 0) is 10.1 Å². The Bertz CT molecular complexity index is 630. The summed E-state index contributed by atoms with van der Waals surface area (Å²) in [7, 11) is -4.29. The van der Waals surface area contributed by atoms with Gasteiger partial charge in [-0.15, -0.1) is 0 Å². The van der Waals surface area contributed by atoms with Gasteiger partial charge in [0.05, 0.1) is 22.9 Å². The Balaban J connectivity index is 2.42. The summed E-state index contributed by atoms with van der Waals surface area (Å²) in [5.74, 6) is -1.99. The number of amides is 2. The van der Waals surface area contributed by atoms with Gasteiger partial charge in [0.25, 0.3) is 21.9 Å². The number of nitrogens with zero attached hydrogens (tertiary/aromatic N) is 1. The summed E-state index contributed by atoms with van der Waals surface area (Å²) in [6.45, 7) is 3.39. The molecule has 0 spiro atoms. The van der Waals surface area contributed by atoms with E-state index in [9.17, 15) is 18.0 Å². The largest absolute Gasteiger partial charge is 0.285 e. The van der Waals surface area contributed by atoms with Crippen LogP contribution in [0.5, 0.6) is 0 Å². The van der Waals surface area contributed by atoms with Crippen molar-refractivity contribution in [1.29, 1.82) is 0 Å². The molecule has 0 fully saturated rings. The van der Waals surface area contributed by atoms with E-state index in [1.54, 1.807) is 26.0 Å². The molecule has 1 heterocycles. The minimum Gasteiger partial charge on any atom is -0.285 e. The third kappa shape index (κ3) is 2.59. The van der Waals surface area contributed by atoms with Gasteiger partial charge in [-0.25, -0.2) is 0 Å². The maximum Gasteiger partial charge on any atom is 0.266 e.